The maximum absolute atomic E-state index is 15.3. The Labute approximate surface area is 214 Å². The van der Waals surface area contributed by atoms with E-state index in [-0.39, 0.29) is 12.5 Å². The molecule has 0 aliphatic carbocycles. The first-order valence-electron chi connectivity index (χ1n) is 12.2. The van der Waals surface area contributed by atoms with E-state index in [1.54, 1.807) is 6.07 Å². The maximum atomic E-state index is 15.3. The van der Waals surface area contributed by atoms with Gasteiger partial charge in [-0.1, -0.05) is 48.0 Å². The molecule has 0 spiro atoms. The van der Waals surface area contributed by atoms with E-state index in [9.17, 15) is 4.39 Å². The quantitative estimate of drug-likeness (QED) is 0.222. The molecule has 186 valence electrons. The van der Waals surface area contributed by atoms with Gasteiger partial charge in [0.2, 0.25) is 0 Å². The summed E-state index contributed by atoms with van der Waals surface area (Å²) >= 11 is 7.10. The molecule has 0 atom stereocenters. The lowest BCUT2D eigenvalue weighted by atomic mass is 10.0. The number of benzene rings is 3. The van der Waals surface area contributed by atoms with Crippen LogP contribution in [-0.2, 0) is 20.0 Å². The number of fused-ring (bicyclic) bond motifs is 3. The van der Waals surface area contributed by atoms with Crippen molar-refractivity contribution in [2.24, 2.45) is 7.05 Å². The molecule has 1 N–H and O–H groups in total. The number of hydrogen-bond acceptors (Lipinski definition) is 2. The second kappa shape index (κ2) is 10.4. The van der Waals surface area contributed by atoms with Gasteiger partial charge in [-0.05, 0) is 62.2 Å². The van der Waals surface area contributed by atoms with Crippen molar-refractivity contribution in [2.45, 2.75) is 26.3 Å². The van der Waals surface area contributed by atoms with Gasteiger partial charge in [-0.3, -0.25) is 9.07 Å². The summed E-state index contributed by atoms with van der Waals surface area (Å²) in [5.41, 5.74) is 6.44. The van der Waals surface area contributed by atoms with Crippen molar-refractivity contribution in [3.05, 3.63) is 88.3 Å². The van der Waals surface area contributed by atoms with Crippen LogP contribution in [0, 0.1) is 12.7 Å². The van der Waals surface area contributed by atoms with Crippen LogP contribution in [0.1, 0.15) is 23.1 Å². The van der Waals surface area contributed by atoms with Crippen molar-refractivity contribution in [3.63, 3.8) is 0 Å². The van der Waals surface area contributed by atoms with Gasteiger partial charge in [-0.25, -0.2) is 4.39 Å². The summed E-state index contributed by atoms with van der Waals surface area (Å²) in [6, 6.07) is 17.6. The molecule has 0 unspecified atom stereocenters. The Morgan fingerprint density at radius 2 is 1.83 bits per heavy atom. The van der Waals surface area contributed by atoms with Gasteiger partial charge in [-0.2, -0.15) is 5.10 Å². The van der Waals surface area contributed by atoms with Crippen LogP contribution in [0.5, 0.6) is 0 Å². The highest BCUT2D eigenvalue weighted by molar-refractivity contribution is 6.40. The van der Waals surface area contributed by atoms with Gasteiger partial charge < -0.3 is 9.88 Å². The molecule has 0 radical (unpaired) electrons. The Balaban J connectivity index is 1.57. The Bertz CT molecular complexity index is 1540. The molecule has 36 heavy (non-hydrogen) atoms. The number of hydrogen-bond donors (Lipinski definition) is 1. The monoisotopic (exact) mass is 506 g/mol. The average molecular weight is 507 g/mol. The van der Waals surface area contributed by atoms with Crippen molar-refractivity contribution in [2.75, 3.05) is 19.8 Å². The normalized spacial score (nSPS) is 11.7. The molecule has 0 saturated heterocycles. The number of nitrogens with zero attached hydrogens (tertiary/aromatic N) is 3. The van der Waals surface area contributed by atoms with Crippen molar-refractivity contribution in [1.82, 2.24) is 19.7 Å². The number of aryl methyl sites for hydroxylation is 2. The Kier molecular flexibility index (Phi) is 7.08. The molecule has 5 aromatic rings. The average Bonchev–Trinajstić information content (AvgIpc) is 3.38. The summed E-state index contributed by atoms with van der Waals surface area (Å²) < 4.78 is 31.5. The summed E-state index contributed by atoms with van der Waals surface area (Å²) in [5.74, 6) is -0.243. The van der Waals surface area contributed by atoms with Gasteiger partial charge >= 0.3 is 0 Å². The first-order chi connectivity index (χ1) is 17.5. The third-order valence-corrected chi connectivity index (χ3v) is 7.19. The van der Waals surface area contributed by atoms with Crippen LogP contribution in [0.3, 0.4) is 0 Å². The zero-order valence-corrected chi connectivity index (χ0v) is 21.2. The van der Waals surface area contributed by atoms with E-state index in [2.05, 4.69) is 34.0 Å². The standard InChI is InChI=1S/C29H29ClF2N4/c1-19-6-3-4-7-22(19)29-28(30)27-23-17-34-35(2)25(23)10-11-26(27)36(29)18-21-9-8-20(16-24(21)32)12-15-33-14-5-13-31/h3-4,6-11,16-17,33H,5,12-15,18H2,1-2H3. The molecule has 3 aromatic carbocycles. The highest BCUT2D eigenvalue weighted by Gasteiger charge is 2.22. The number of alkyl halides is 1. The molecule has 0 saturated carbocycles. The van der Waals surface area contributed by atoms with E-state index in [1.165, 1.54) is 0 Å². The van der Waals surface area contributed by atoms with E-state index in [1.807, 2.05) is 54.3 Å². The van der Waals surface area contributed by atoms with E-state index >= 15 is 4.39 Å². The van der Waals surface area contributed by atoms with Crippen LogP contribution in [0.2, 0.25) is 5.02 Å². The van der Waals surface area contributed by atoms with Crippen LogP contribution >= 0.6 is 11.6 Å². The lowest BCUT2D eigenvalue weighted by Gasteiger charge is -2.15. The summed E-state index contributed by atoms with van der Waals surface area (Å²) in [6.07, 6.45) is 3.02. The topological polar surface area (TPSA) is 34.8 Å². The number of aromatic nitrogens is 3. The van der Waals surface area contributed by atoms with E-state index in [0.29, 0.717) is 43.1 Å². The third kappa shape index (κ3) is 4.51. The largest absolute Gasteiger partial charge is 0.335 e. The molecule has 0 amide bonds. The van der Waals surface area contributed by atoms with Crippen LogP contribution in [0.25, 0.3) is 33.1 Å². The molecular formula is C29H29ClF2N4. The molecule has 0 aliphatic rings. The number of rotatable bonds is 9. The van der Waals surface area contributed by atoms with Gasteiger partial charge in [0, 0.05) is 28.9 Å². The predicted molar refractivity (Wildman–Crippen MR) is 144 cm³/mol. The fraction of sp³-hybridized carbons (Fsp3) is 0.276. The van der Waals surface area contributed by atoms with Crippen LogP contribution in [0.15, 0.2) is 60.8 Å². The smallest absolute Gasteiger partial charge is 0.128 e. The second-order valence-corrected chi connectivity index (χ2v) is 9.57. The van der Waals surface area contributed by atoms with E-state index in [4.69, 9.17) is 11.6 Å². The minimum Gasteiger partial charge on any atom is -0.335 e. The predicted octanol–water partition coefficient (Wildman–Crippen LogP) is 6.84. The van der Waals surface area contributed by atoms with Gasteiger partial charge in [0.05, 0.1) is 41.2 Å². The zero-order valence-electron chi connectivity index (χ0n) is 20.5. The third-order valence-electron chi connectivity index (χ3n) is 6.82. The Hall–Kier alpha value is -3.22. The first kappa shape index (κ1) is 24.5. The van der Waals surface area contributed by atoms with Crippen LogP contribution < -0.4 is 5.32 Å². The minimum atomic E-state index is -0.328. The SMILES string of the molecule is Cc1ccccc1-c1c(Cl)c2c3cnn(C)c3ccc2n1Cc1ccc(CCNCCCF)cc1F. The lowest BCUT2D eigenvalue weighted by Crippen LogP contribution is -2.19. The molecular weight excluding hydrogens is 478 g/mol. The molecule has 7 heteroatoms. The lowest BCUT2D eigenvalue weighted by molar-refractivity contribution is 0.460. The van der Waals surface area contributed by atoms with Gasteiger partial charge in [0.15, 0.2) is 0 Å². The number of halogens is 3. The maximum Gasteiger partial charge on any atom is 0.128 e. The van der Waals surface area contributed by atoms with E-state index < -0.39 is 0 Å². The summed E-state index contributed by atoms with van der Waals surface area (Å²) in [5, 5.41) is 10.2. The number of nitrogens with one attached hydrogen (secondary N) is 1. The first-order valence-corrected chi connectivity index (χ1v) is 12.6. The van der Waals surface area contributed by atoms with Gasteiger partial charge in [0.1, 0.15) is 5.82 Å². The highest BCUT2D eigenvalue weighted by Crippen LogP contribution is 2.42. The van der Waals surface area contributed by atoms with Crippen molar-refractivity contribution >= 4 is 33.4 Å². The second-order valence-electron chi connectivity index (χ2n) is 9.19. The van der Waals surface area contributed by atoms with Crippen molar-refractivity contribution in [1.29, 1.82) is 0 Å². The molecule has 2 aromatic heterocycles. The summed E-state index contributed by atoms with van der Waals surface area (Å²) in [4.78, 5) is 0. The van der Waals surface area contributed by atoms with Gasteiger partial charge in [0.25, 0.3) is 0 Å². The molecule has 0 bridgehead atoms. The molecule has 4 nitrogen and oxygen atoms in total. The molecule has 0 fully saturated rings. The van der Waals surface area contributed by atoms with E-state index in [0.717, 1.165) is 44.2 Å². The molecule has 5 rings (SSSR count). The Morgan fingerprint density at radius 1 is 1.03 bits per heavy atom. The highest BCUT2D eigenvalue weighted by atomic mass is 35.5. The van der Waals surface area contributed by atoms with Crippen LogP contribution in [-0.4, -0.2) is 34.1 Å². The van der Waals surface area contributed by atoms with Crippen LogP contribution in [0.4, 0.5) is 8.78 Å². The summed E-state index contributed by atoms with van der Waals surface area (Å²) in [6.45, 7) is 3.40. The molecule has 0 aliphatic heterocycles. The van der Waals surface area contributed by atoms with Crippen molar-refractivity contribution < 1.29 is 8.78 Å². The molecule has 2 heterocycles. The zero-order chi connectivity index (χ0) is 25.2. The van der Waals surface area contributed by atoms with Gasteiger partial charge in [-0.15, -0.1) is 0 Å². The Morgan fingerprint density at radius 3 is 2.61 bits per heavy atom. The minimum absolute atomic E-state index is 0.243. The van der Waals surface area contributed by atoms with Crippen molar-refractivity contribution in [3.8, 4) is 11.3 Å². The summed E-state index contributed by atoms with van der Waals surface area (Å²) in [7, 11) is 1.91. The fourth-order valence-electron chi connectivity index (χ4n) is 4.89. The fourth-order valence-corrected chi connectivity index (χ4v) is 5.29.